The summed E-state index contributed by atoms with van der Waals surface area (Å²) >= 11 is 8.04. The second kappa shape index (κ2) is 7.93. The van der Waals surface area contributed by atoms with Gasteiger partial charge in [-0.1, -0.05) is 35.5 Å². The second-order valence-electron chi connectivity index (χ2n) is 6.43. The molecule has 4 aromatic rings. The van der Waals surface area contributed by atoms with Crippen LogP contribution in [0.2, 0.25) is 5.02 Å². The largest absolute Gasteiger partial charge is 0.292 e. The summed E-state index contributed by atoms with van der Waals surface area (Å²) in [4.78, 5) is 30.7. The highest BCUT2D eigenvalue weighted by Crippen LogP contribution is 2.32. The van der Waals surface area contributed by atoms with Gasteiger partial charge in [-0.15, -0.1) is 0 Å². The average molecular weight is 424 g/mol. The number of thioether (sulfide) groups is 1. The Labute approximate surface area is 177 Å². The van der Waals surface area contributed by atoms with Crippen molar-refractivity contribution in [1.29, 1.82) is 0 Å². The summed E-state index contributed by atoms with van der Waals surface area (Å²) in [6.07, 6.45) is 6.95. The fraction of sp³-hybridized carbons (Fsp3) is 0.190. The molecular formula is C21H18ClN5OS. The molecule has 0 saturated heterocycles. The molecule has 4 rings (SSSR count). The number of hydrogen-bond acceptors (Lipinski definition) is 6. The molecule has 0 spiro atoms. The van der Waals surface area contributed by atoms with Crippen molar-refractivity contribution in [1.82, 2.24) is 24.5 Å². The van der Waals surface area contributed by atoms with Gasteiger partial charge in [0.2, 0.25) is 0 Å². The van der Waals surface area contributed by atoms with Gasteiger partial charge in [0.1, 0.15) is 5.65 Å². The number of aryl methyl sites for hydroxylation is 2. The zero-order valence-electron chi connectivity index (χ0n) is 16.2. The number of aromatic nitrogens is 5. The number of benzene rings is 1. The minimum atomic E-state index is -0.129. The van der Waals surface area contributed by atoms with E-state index in [1.54, 1.807) is 23.2 Å². The summed E-state index contributed by atoms with van der Waals surface area (Å²) in [5, 5.41) is 1.91. The highest BCUT2D eigenvalue weighted by Gasteiger charge is 2.16. The van der Waals surface area contributed by atoms with E-state index in [4.69, 9.17) is 11.6 Å². The molecule has 3 heterocycles. The molecule has 8 heteroatoms. The minimum absolute atomic E-state index is 0.129. The van der Waals surface area contributed by atoms with Gasteiger partial charge in [-0.2, -0.15) is 0 Å². The maximum absolute atomic E-state index is 13.2. The van der Waals surface area contributed by atoms with Crippen molar-refractivity contribution < 1.29 is 0 Å². The summed E-state index contributed by atoms with van der Waals surface area (Å²) in [7, 11) is 0. The van der Waals surface area contributed by atoms with Gasteiger partial charge in [0.05, 0.1) is 11.4 Å². The van der Waals surface area contributed by atoms with Gasteiger partial charge in [0.15, 0.2) is 5.16 Å². The van der Waals surface area contributed by atoms with Crippen molar-refractivity contribution in [3.8, 4) is 22.4 Å². The van der Waals surface area contributed by atoms with Crippen LogP contribution in [0.5, 0.6) is 0 Å². The monoisotopic (exact) mass is 423 g/mol. The summed E-state index contributed by atoms with van der Waals surface area (Å²) in [5.74, 6) is 0. The van der Waals surface area contributed by atoms with Crippen molar-refractivity contribution in [2.75, 3.05) is 6.26 Å². The molecule has 29 heavy (non-hydrogen) atoms. The summed E-state index contributed by atoms with van der Waals surface area (Å²) < 4.78 is 1.66. The second-order valence-corrected chi connectivity index (χ2v) is 7.61. The Kier molecular flexibility index (Phi) is 5.34. The zero-order chi connectivity index (χ0) is 20.5. The van der Waals surface area contributed by atoms with Gasteiger partial charge in [-0.25, -0.2) is 9.97 Å². The maximum atomic E-state index is 13.2. The number of halogens is 1. The first kappa shape index (κ1) is 19.5. The molecule has 0 radical (unpaired) electrons. The number of nitrogens with zero attached hydrogens (tertiary/aromatic N) is 5. The summed E-state index contributed by atoms with van der Waals surface area (Å²) in [6, 6.07) is 7.39. The highest BCUT2D eigenvalue weighted by atomic mass is 35.5. The van der Waals surface area contributed by atoms with E-state index in [9.17, 15) is 4.79 Å². The Hall–Kier alpha value is -2.77. The lowest BCUT2D eigenvalue weighted by atomic mass is 10.0. The molecule has 1 aromatic carbocycles. The van der Waals surface area contributed by atoms with E-state index >= 15 is 0 Å². The van der Waals surface area contributed by atoms with Crippen LogP contribution >= 0.6 is 23.4 Å². The topological polar surface area (TPSA) is 73.6 Å². The number of hydrogen-bond donors (Lipinski definition) is 0. The van der Waals surface area contributed by atoms with Crippen molar-refractivity contribution in [2.45, 2.75) is 25.5 Å². The first-order chi connectivity index (χ1) is 14.0. The SMILES string of the molecule is CCn1c(=O)c(-c2ccc(-c3nccnc3C)cc2Cl)cc2cnc(SC)nc21. The highest BCUT2D eigenvalue weighted by molar-refractivity contribution is 7.98. The van der Waals surface area contributed by atoms with Crippen molar-refractivity contribution in [2.24, 2.45) is 0 Å². The molecule has 146 valence electrons. The predicted octanol–water partition coefficient (Wildman–Crippen LogP) is 4.62. The smallest absolute Gasteiger partial charge is 0.260 e. The lowest BCUT2D eigenvalue weighted by Gasteiger charge is -2.13. The Morgan fingerprint density at radius 1 is 1.10 bits per heavy atom. The quantitative estimate of drug-likeness (QED) is 0.352. The zero-order valence-corrected chi connectivity index (χ0v) is 17.8. The van der Waals surface area contributed by atoms with Crippen LogP contribution in [0.3, 0.4) is 0 Å². The number of pyridine rings is 1. The molecule has 0 amide bonds. The molecular weight excluding hydrogens is 406 g/mol. The van der Waals surface area contributed by atoms with Crippen LogP contribution in [-0.4, -0.2) is 30.8 Å². The van der Waals surface area contributed by atoms with Crippen LogP contribution < -0.4 is 5.56 Å². The van der Waals surface area contributed by atoms with Crippen molar-refractivity contribution in [3.05, 3.63) is 63.9 Å². The summed E-state index contributed by atoms with van der Waals surface area (Å²) in [5.41, 5.74) is 4.13. The molecule has 0 saturated carbocycles. The van der Waals surface area contributed by atoms with Crippen molar-refractivity contribution >= 4 is 34.4 Å². The normalized spacial score (nSPS) is 11.2. The van der Waals surface area contributed by atoms with Crippen LogP contribution in [0, 0.1) is 6.92 Å². The first-order valence-electron chi connectivity index (χ1n) is 9.06. The van der Waals surface area contributed by atoms with E-state index < -0.39 is 0 Å². The number of fused-ring (bicyclic) bond motifs is 1. The van der Waals surface area contributed by atoms with Crippen LogP contribution in [0.15, 0.2) is 52.8 Å². The molecule has 0 aliphatic rings. The molecule has 0 unspecified atom stereocenters. The Balaban J connectivity index is 1.90. The van der Waals surface area contributed by atoms with Gasteiger partial charge in [0, 0.05) is 52.2 Å². The lowest BCUT2D eigenvalue weighted by Crippen LogP contribution is -2.22. The first-order valence-corrected chi connectivity index (χ1v) is 10.7. The molecule has 0 N–H and O–H groups in total. The maximum Gasteiger partial charge on any atom is 0.260 e. The molecule has 3 aromatic heterocycles. The Bertz CT molecular complexity index is 1290. The van der Waals surface area contributed by atoms with Gasteiger partial charge >= 0.3 is 0 Å². The van der Waals surface area contributed by atoms with Gasteiger partial charge < -0.3 is 0 Å². The fourth-order valence-electron chi connectivity index (χ4n) is 3.30. The molecule has 0 atom stereocenters. The lowest BCUT2D eigenvalue weighted by molar-refractivity contribution is 0.743. The average Bonchev–Trinajstić information content (AvgIpc) is 2.73. The van der Waals surface area contributed by atoms with Crippen LogP contribution in [0.1, 0.15) is 12.6 Å². The molecule has 6 nitrogen and oxygen atoms in total. The standard InChI is InChI=1S/C21H18ClN5OS/c1-4-27-19-14(11-25-21(26-19)29-3)9-16(20(27)28)15-6-5-13(10-17(15)22)18-12(2)23-7-8-24-18/h5-11H,4H2,1-3H3. The van der Waals surface area contributed by atoms with E-state index in [2.05, 4.69) is 19.9 Å². The van der Waals surface area contributed by atoms with Gasteiger partial charge in [0.25, 0.3) is 5.56 Å². The van der Waals surface area contributed by atoms with Gasteiger partial charge in [-0.05, 0) is 32.2 Å². The number of rotatable bonds is 4. The van der Waals surface area contributed by atoms with E-state index in [0.717, 1.165) is 22.3 Å². The third kappa shape index (κ3) is 3.52. The Morgan fingerprint density at radius 2 is 1.90 bits per heavy atom. The molecule has 0 fully saturated rings. The van der Waals surface area contributed by atoms with Gasteiger partial charge in [-0.3, -0.25) is 19.3 Å². The van der Waals surface area contributed by atoms with E-state index in [1.807, 2.05) is 44.4 Å². The van der Waals surface area contributed by atoms with Crippen LogP contribution in [0.4, 0.5) is 0 Å². The van der Waals surface area contributed by atoms with E-state index in [1.165, 1.54) is 11.8 Å². The third-order valence-corrected chi connectivity index (χ3v) is 5.59. The van der Waals surface area contributed by atoms with Crippen LogP contribution in [0.25, 0.3) is 33.4 Å². The third-order valence-electron chi connectivity index (χ3n) is 4.72. The molecule has 0 bridgehead atoms. The minimum Gasteiger partial charge on any atom is -0.292 e. The van der Waals surface area contributed by atoms with E-state index in [0.29, 0.717) is 33.5 Å². The molecule has 0 aliphatic heterocycles. The van der Waals surface area contributed by atoms with Crippen LogP contribution in [-0.2, 0) is 6.54 Å². The fourth-order valence-corrected chi connectivity index (χ4v) is 3.92. The van der Waals surface area contributed by atoms with Crippen molar-refractivity contribution in [3.63, 3.8) is 0 Å². The van der Waals surface area contributed by atoms with E-state index in [-0.39, 0.29) is 5.56 Å². The Morgan fingerprint density at radius 3 is 2.59 bits per heavy atom. The summed E-state index contributed by atoms with van der Waals surface area (Å²) in [6.45, 7) is 4.33. The predicted molar refractivity (Wildman–Crippen MR) is 117 cm³/mol. The molecule has 0 aliphatic carbocycles.